The maximum Gasteiger partial charge on any atom is 0.271 e. The number of rotatable bonds is 7. The van der Waals surface area contributed by atoms with Crippen LogP contribution >= 0.6 is 0 Å². The van der Waals surface area contributed by atoms with Crippen molar-refractivity contribution in [3.05, 3.63) is 64.5 Å². The zero-order valence-electron chi connectivity index (χ0n) is 15.1. The molecular formula is C19H20N4O4. The van der Waals surface area contributed by atoms with Crippen LogP contribution in [0.2, 0.25) is 0 Å². The van der Waals surface area contributed by atoms with Crippen molar-refractivity contribution in [2.45, 2.75) is 20.3 Å². The fraction of sp³-hybridized carbons (Fsp3) is 0.263. The van der Waals surface area contributed by atoms with Crippen LogP contribution in [0, 0.1) is 16.0 Å². The molecule has 0 radical (unpaired) electrons. The van der Waals surface area contributed by atoms with E-state index in [4.69, 9.17) is 4.42 Å². The monoisotopic (exact) mass is 368 g/mol. The zero-order chi connectivity index (χ0) is 19.4. The lowest BCUT2D eigenvalue weighted by atomic mass is 10.1. The van der Waals surface area contributed by atoms with Crippen molar-refractivity contribution >= 4 is 11.6 Å². The highest BCUT2D eigenvalue weighted by molar-refractivity contribution is 5.94. The third-order valence-corrected chi connectivity index (χ3v) is 4.01. The first-order chi connectivity index (χ1) is 13.0. The molecule has 0 aliphatic heterocycles. The third-order valence-electron chi connectivity index (χ3n) is 4.01. The molecule has 8 nitrogen and oxygen atoms in total. The van der Waals surface area contributed by atoms with Gasteiger partial charge in [-0.05, 0) is 30.5 Å². The molecule has 140 valence electrons. The molecule has 0 spiro atoms. The van der Waals surface area contributed by atoms with E-state index in [1.54, 1.807) is 30.3 Å². The number of hydrogen-bond donors (Lipinski definition) is 1. The summed E-state index contributed by atoms with van der Waals surface area (Å²) in [6, 6.07) is 11.1. The van der Waals surface area contributed by atoms with Gasteiger partial charge in [0.05, 0.1) is 16.9 Å². The molecule has 1 N–H and O–H groups in total. The first-order valence-corrected chi connectivity index (χ1v) is 8.62. The Labute approximate surface area is 156 Å². The van der Waals surface area contributed by atoms with E-state index < -0.39 is 4.92 Å². The SMILES string of the molecule is CC(C)CCNC(=O)c1cc(-c2ccco2)nn1-c1cccc([N+](=O)[O-])c1. The van der Waals surface area contributed by atoms with E-state index in [9.17, 15) is 14.9 Å². The Bertz CT molecular complexity index is 945. The number of carbonyl (C=O) groups is 1. The average Bonchev–Trinajstić information content (AvgIpc) is 3.31. The molecule has 2 aromatic heterocycles. The normalized spacial score (nSPS) is 10.9. The van der Waals surface area contributed by atoms with Crippen molar-refractivity contribution in [3.63, 3.8) is 0 Å². The van der Waals surface area contributed by atoms with Crippen LogP contribution in [0.3, 0.4) is 0 Å². The topological polar surface area (TPSA) is 103 Å². The van der Waals surface area contributed by atoms with Gasteiger partial charge in [0.25, 0.3) is 11.6 Å². The standard InChI is InChI=1S/C19H20N4O4/c1-13(2)8-9-20-19(24)17-12-16(18-7-4-10-27-18)21-22(17)14-5-3-6-15(11-14)23(25)26/h3-7,10-13H,8-9H2,1-2H3,(H,20,24). The molecule has 0 aliphatic rings. The van der Waals surface area contributed by atoms with Crippen LogP contribution < -0.4 is 5.32 Å². The Hall–Kier alpha value is -3.42. The fourth-order valence-electron chi connectivity index (χ4n) is 2.59. The van der Waals surface area contributed by atoms with E-state index in [1.165, 1.54) is 23.1 Å². The maximum absolute atomic E-state index is 12.7. The van der Waals surface area contributed by atoms with Gasteiger partial charge in [-0.3, -0.25) is 14.9 Å². The summed E-state index contributed by atoms with van der Waals surface area (Å²) in [6.45, 7) is 4.69. The number of non-ortho nitro benzene ring substituents is 1. The lowest BCUT2D eigenvalue weighted by molar-refractivity contribution is -0.384. The van der Waals surface area contributed by atoms with Crippen molar-refractivity contribution in [2.24, 2.45) is 5.92 Å². The molecule has 0 fully saturated rings. The number of nitrogens with zero attached hydrogens (tertiary/aromatic N) is 3. The summed E-state index contributed by atoms with van der Waals surface area (Å²) in [5, 5.41) is 18.4. The van der Waals surface area contributed by atoms with Gasteiger partial charge < -0.3 is 9.73 Å². The summed E-state index contributed by atoms with van der Waals surface area (Å²) in [7, 11) is 0. The highest BCUT2D eigenvalue weighted by atomic mass is 16.6. The molecule has 3 rings (SSSR count). The van der Waals surface area contributed by atoms with E-state index >= 15 is 0 Å². The highest BCUT2D eigenvalue weighted by Crippen LogP contribution is 2.24. The predicted molar refractivity (Wildman–Crippen MR) is 99.7 cm³/mol. The highest BCUT2D eigenvalue weighted by Gasteiger charge is 2.20. The molecule has 8 heteroatoms. The summed E-state index contributed by atoms with van der Waals surface area (Å²) in [5.74, 6) is 0.675. The first kappa shape index (κ1) is 18.4. The van der Waals surface area contributed by atoms with E-state index in [0.717, 1.165) is 6.42 Å². The molecule has 0 unspecified atom stereocenters. The Balaban J connectivity index is 1.99. The first-order valence-electron chi connectivity index (χ1n) is 8.62. The second-order valence-corrected chi connectivity index (χ2v) is 6.52. The second-order valence-electron chi connectivity index (χ2n) is 6.52. The molecule has 0 saturated carbocycles. The number of nitro benzene ring substituents is 1. The summed E-state index contributed by atoms with van der Waals surface area (Å²) < 4.78 is 6.76. The number of benzene rings is 1. The number of hydrogen-bond acceptors (Lipinski definition) is 5. The van der Waals surface area contributed by atoms with Crippen LogP contribution in [0.15, 0.2) is 53.1 Å². The van der Waals surface area contributed by atoms with Gasteiger partial charge in [-0.2, -0.15) is 5.10 Å². The van der Waals surface area contributed by atoms with Crippen LogP contribution in [0.25, 0.3) is 17.1 Å². The molecule has 0 bridgehead atoms. The summed E-state index contributed by atoms with van der Waals surface area (Å²) in [5.41, 5.74) is 1.11. The minimum atomic E-state index is -0.483. The van der Waals surface area contributed by atoms with Gasteiger partial charge in [0.2, 0.25) is 0 Å². The van der Waals surface area contributed by atoms with Crippen LogP contribution in [0.4, 0.5) is 5.69 Å². The van der Waals surface area contributed by atoms with E-state index in [0.29, 0.717) is 29.6 Å². The van der Waals surface area contributed by atoms with Gasteiger partial charge in [0.1, 0.15) is 11.4 Å². The van der Waals surface area contributed by atoms with Crippen LogP contribution in [0.1, 0.15) is 30.8 Å². The molecule has 0 saturated heterocycles. The molecule has 1 amide bonds. The van der Waals surface area contributed by atoms with E-state index in [-0.39, 0.29) is 17.3 Å². The smallest absolute Gasteiger partial charge is 0.271 e. The average molecular weight is 368 g/mol. The van der Waals surface area contributed by atoms with Gasteiger partial charge in [-0.25, -0.2) is 4.68 Å². The van der Waals surface area contributed by atoms with Crippen LogP contribution in [-0.2, 0) is 0 Å². The summed E-state index contributed by atoms with van der Waals surface area (Å²) in [4.78, 5) is 23.3. The lowest BCUT2D eigenvalue weighted by Gasteiger charge is -2.09. The predicted octanol–water partition coefficient (Wildman–Crippen LogP) is 3.82. The molecule has 27 heavy (non-hydrogen) atoms. The van der Waals surface area contributed by atoms with Crippen LogP contribution in [0.5, 0.6) is 0 Å². The molecule has 2 heterocycles. The Morgan fingerprint density at radius 1 is 1.30 bits per heavy atom. The van der Waals surface area contributed by atoms with Crippen molar-refractivity contribution in [1.29, 1.82) is 0 Å². The molecule has 0 atom stereocenters. The second kappa shape index (κ2) is 7.86. The number of aromatic nitrogens is 2. The van der Waals surface area contributed by atoms with Crippen molar-refractivity contribution < 1.29 is 14.1 Å². The van der Waals surface area contributed by atoms with E-state index in [2.05, 4.69) is 24.3 Å². The number of carbonyl (C=O) groups excluding carboxylic acids is 1. The van der Waals surface area contributed by atoms with Gasteiger partial charge in [-0.15, -0.1) is 0 Å². The third kappa shape index (κ3) is 4.22. The largest absolute Gasteiger partial charge is 0.463 e. The maximum atomic E-state index is 12.7. The van der Waals surface area contributed by atoms with Gasteiger partial charge in [0.15, 0.2) is 5.76 Å². The van der Waals surface area contributed by atoms with Gasteiger partial charge in [-0.1, -0.05) is 19.9 Å². The van der Waals surface area contributed by atoms with Gasteiger partial charge >= 0.3 is 0 Å². The zero-order valence-corrected chi connectivity index (χ0v) is 15.1. The van der Waals surface area contributed by atoms with Crippen molar-refractivity contribution in [3.8, 4) is 17.1 Å². The number of nitrogens with one attached hydrogen (secondary N) is 1. The Kier molecular flexibility index (Phi) is 5.35. The van der Waals surface area contributed by atoms with Crippen molar-refractivity contribution in [2.75, 3.05) is 6.54 Å². The minimum absolute atomic E-state index is 0.0753. The van der Waals surface area contributed by atoms with E-state index in [1.807, 2.05) is 0 Å². The van der Waals surface area contributed by atoms with Gasteiger partial charge in [0, 0.05) is 24.7 Å². The minimum Gasteiger partial charge on any atom is -0.463 e. The number of amides is 1. The molecule has 1 aromatic carbocycles. The Morgan fingerprint density at radius 2 is 2.11 bits per heavy atom. The Morgan fingerprint density at radius 3 is 2.78 bits per heavy atom. The number of furan rings is 1. The fourth-order valence-corrected chi connectivity index (χ4v) is 2.59. The molecule has 0 aliphatic carbocycles. The summed E-state index contributed by atoms with van der Waals surface area (Å²) in [6.07, 6.45) is 2.37. The number of nitro groups is 1. The quantitative estimate of drug-likeness (QED) is 0.504. The lowest BCUT2D eigenvalue weighted by Crippen LogP contribution is -2.27. The van der Waals surface area contributed by atoms with Crippen molar-refractivity contribution in [1.82, 2.24) is 15.1 Å². The van der Waals surface area contributed by atoms with Crippen LogP contribution in [-0.4, -0.2) is 27.2 Å². The molecule has 3 aromatic rings. The summed E-state index contributed by atoms with van der Waals surface area (Å²) >= 11 is 0. The molecular weight excluding hydrogens is 348 g/mol.